The summed E-state index contributed by atoms with van der Waals surface area (Å²) in [5.41, 5.74) is 0.668. The van der Waals surface area contributed by atoms with E-state index in [2.05, 4.69) is 13.8 Å². The molecule has 3 aliphatic carbocycles. The summed E-state index contributed by atoms with van der Waals surface area (Å²) in [7, 11) is 0. The summed E-state index contributed by atoms with van der Waals surface area (Å²) in [6.07, 6.45) is 19.9. The third kappa shape index (κ3) is 2.69. The highest BCUT2D eigenvalue weighted by Gasteiger charge is 2.47. The van der Waals surface area contributed by atoms with Crippen LogP contribution in [0.4, 0.5) is 0 Å². The Morgan fingerprint density at radius 3 is 2.15 bits per heavy atom. The fourth-order valence-electron chi connectivity index (χ4n) is 6.37. The Labute approximate surface area is 127 Å². The zero-order valence-corrected chi connectivity index (χ0v) is 14.0. The molecule has 0 amide bonds. The summed E-state index contributed by atoms with van der Waals surface area (Å²) in [6.45, 7) is 5.20. The minimum absolute atomic E-state index is 0.668. The first-order chi connectivity index (χ1) is 9.75. The molecule has 0 aromatic rings. The molecule has 0 nitrogen and oxygen atoms in total. The molecule has 116 valence electrons. The molecule has 0 heteroatoms. The summed E-state index contributed by atoms with van der Waals surface area (Å²) in [5.74, 6) is 4.32. The maximum absolute atomic E-state index is 2.70. The van der Waals surface area contributed by atoms with Crippen LogP contribution < -0.4 is 0 Å². The fraction of sp³-hybridized carbons (Fsp3) is 1.00. The molecule has 0 heterocycles. The second kappa shape index (κ2) is 6.41. The highest BCUT2D eigenvalue weighted by Crippen LogP contribution is 2.56. The molecular formula is C20H36. The minimum Gasteiger partial charge on any atom is -0.0648 e. The van der Waals surface area contributed by atoms with Gasteiger partial charge in [-0.2, -0.15) is 0 Å². The smallest absolute Gasteiger partial charge is 0.0269 e. The molecule has 0 N–H and O–H groups in total. The molecule has 4 unspecified atom stereocenters. The molecule has 0 spiro atoms. The van der Waals surface area contributed by atoms with Gasteiger partial charge in [0.2, 0.25) is 0 Å². The lowest BCUT2D eigenvalue weighted by Crippen LogP contribution is -2.44. The van der Waals surface area contributed by atoms with Crippen LogP contribution in [0.25, 0.3) is 0 Å². The van der Waals surface area contributed by atoms with Gasteiger partial charge in [0.25, 0.3) is 0 Å². The lowest BCUT2D eigenvalue weighted by Gasteiger charge is -2.53. The van der Waals surface area contributed by atoms with Crippen LogP contribution in [-0.4, -0.2) is 0 Å². The Bertz CT molecular complexity index is 299. The van der Waals surface area contributed by atoms with Gasteiger partial charge in [-0.25, -0.2) is 0 Å². The summed E-state index contributed by atoms with van der Waals surface area (Å²) >= 11 is 0. The fourth-order valence-corrected chi connectivity index (χ4v) is 6.37. The van der Waals surface area contributed by atoms with E-state index in [1.165, 1.54) is 57.8 Å². The molecular weight excluding hydrogens is 240 g/mol. The number of hydrogen-bond acceptors (Lipinski definition) is 0. The quantitative estimate of drug-likeness (QED) is 0.545. The average Bonchev–Trinajstić information content (AvgIpc) is 2.54. The largest absolute Gasteiger partial charge is 0.0648 e. The van der Waals surface area contributed by atoms with Gasteiger partial charge in [-0.05, 0) is 54.8 Å². The SMILES string of the molecule is CCC(C)(C1CCCCC1)C1CCCC2CCCCC21. The van der Waals surface area contributed by atoms with E-state index in [0.717, 1.165) is 23.7 Å². The van der Waals surface area contributed by atoms with Crippen molar-refractivity contribution in [1.29, 1.82) is 0 Å². The van der Waals surface area contributed by atoms with Crippen LogP contribution in [0.3, 0.4) is 0 Å². The third-order valence-electron chi connectivity index (χ3n) is 7.72. The second-order valence-corrected chi connectivity index (χ2v) is 8.44. The molecule has 3 rings (SSSR count). The highest BCUT2D eigenvalue weighted by atomic mass is 14.5. The van der Waals surface area contributed by atoms with Gasteiger partial charge in [0.1, 0.15) is 0 Å². The third-order valence-corrected chi connectivity index (χ3v) is 7.72. The van der Waals surface area contributed by atoms with Gasteiger partial charge in [-0.3, -0.25) is 0 Å². The molecule has 0 saturated heterocycles. The van der Waals surface area contributed by atoms with E-state index in [1.807, 2.05) is 0 Å². The van der Waals surface area contributed by atoms with Gasteiger partial charge in [0, 0.05) is 0 Å². The lowest BCUT2D eigenvalue weighted by molar-refractivity contribution is -0.0347. The number of hydrogen-bond donors (Lipinski definition) is 0. The average molecular weight is 277 g/mol. The van der Waals surface area contributed by atoms with Crippen molar-refractivity contribution in [2.75, 3.05) is 0 Å². The molecule has 3 fully saturated rings. The Balaban J connectivity index is 1.78. The van der Waals surface area contributed by atoms with Gasteiger partial charge in [-0.15, -0.1) is 0 Å². The zero-order chi connectivity index (χ0) is 14.0. The van der Waals surface area contributed by atoms with Gasteiger partial charge in [-0.1, -0.05) is 71.6 Å². The van der Waals surface area contributed by atoms with Gasteiger partial charge >= 0.3 is 0 Å². The van der Waals surface area contributed by atoms with Crippen molar-refractivity contribution >= 4 is 0 Å². The number of fused-ring (bicyclic) bond motifs is 1. The first kappa shape index (κ1) is 14.9. The summed E-state index contributed by atoms with van der Waals surface area (Å²) < 4.78 is 0. The van der Waals surface area contributed by atoms with Crippen molar-refractivity contribution in [1.82, 2.24) is 0 Å². The number of rotatable bonds is 3. The van der Waals surface area contributed by atoms with Crippen molar-refractivity contribution in [3.05, 3.63) is 0 Å². The standard InChI is InChI=1S/C20H36/c1-3-20(2,17-12-5-4-6-13-17)19-15-9-11-16-10-7-8-14-18(16)19/h16-19H,3-15H2,1-2H3. The molecule has 4 atom stereocenters. The summed E-state index contributed by atoms with van der Waals surface area (Å²) in [5, 5.41) is 0. The molecule has 20 heavy (non-hydrogen) atoms. The van der Waals surface area contributed by atoms with E-state index in [0.29, 0.717) is 5.41 Å². The van der Waals surface area contributed by atoms with E-state index < -0.39 is 0 Å². The Hall–Kier alpha value is 0. The van der Waals surface area contributed by atoms with E-state index in [9.17, 15) is 0 Å². The summed E-state index contributed by atoms with van der Waals surface area (Å²) in [6, 6.07) is 0. The molecule has 0 aliphatic heterocycles. The van der Waals surface area contributed by atoms with E-state index in [1.54, 1.807) is 25.7 Å². The maximum Gasteiger partial charge on any atom is -0.0269 e. The van der Waals surface area contributed by atoms with Crippen LogP contribution in [0.5, 0.6) is 0 Å². The monoisotopic (exact) mass is 276 g/mol. The van der Waals surface area contributed by atoms with E-state index >= 15 is 0 Å². The van der Waals surface area contributed by atoms with Crippen LogP contribution in [0.15, 0.2) is 0 Å². The van der Waals surface area contributed by atoms with Crippen molar-refractivity contribution < 1.29 is 0 Å². The van der Waals surface area contributed by atoms with Gasteiger partial charge in [0.15, 0.2) is 0 Å². The predicted octanol–water partition coefficient (Wildman–Crippen LogP) is 6.59. The molecule has 0 bridgehead atoms. The molecule has 0 aromatic heterocycles. The van der Waals surface area contributed by atoms with Crippen molar-refractivity contribution in [3.8, 4) is 0 Å². The van der Waals surface area contributed by atoms with Gasteiger partial charge < -0.3 is 0 Å². The zero-order valence-electron chi connectivity index (χ0n) is 14.0. The van der Waals surface area contributed by atoms with Crippen LogP contribution in [0.1, 0.15) is 97.3 Å². The molecule has 3 saturated carbocycles. The van der Waals surface area contributed by atoms with Crippen LogP contribution in [0, 0.1) is 29.1 Å². The first-order valence-electron chi connectivity index (χ1n) is 9.75. The second-order valence-electron chi connectivity index (χ2n) is 8.44. The van der Waals surface area contributed by atoms with Crippen molar-refractivity contribution in [3.63, 3.8) is 0 Å². The Morgan fingerprint density at radius 1 is 0.750 bits per heavy atom. The van der Waals surface area contributed by atoms with Crippen molar-refractivity contribution in [2.45, 2.75) is 97.3 Å². The van der Waals surface area contributed by atoms with E-state index in [4.69, 9.17) is 0 Å². The highest BCUT2D eigenvalue weighted by molar-refractivity contribution is 4.96. The van der Waals surface area contributed by atoms with Gasteiger partial charge in [0.05, 0.1) is 0 Å². The lowest BCUT2D eigenvalue weighted by atomic mass is 9.52. The normalized spacial score (nSPS) is 39.0. The predicted molar refractivity (Wildman–Crippen MR) is 87.8 cm³/mol. The maximum atomic E-state index is 2.70. The molecule has 0 radical (unpaired) electrons. The molecule has 3 aliphatic rings. The van der Waals surface area contributed by atoms with Crippen LogP contribution in [0.2, 0.25) is 0 Å². The van der Waals surface area contributed by atoms with Crippen LogP contribution in [-0.2, 0) is 0 Å². The molecule has 0 aromatic carbocycles. The topological polar surface area (TPSA) is 0 Å². The Kier molecular flexibility index (Phi) is 4.78. The Morgan fingerprint density at radius 2 is 1.40 bits per heavy atom. The summed E-state index contributed by atoms with van der Waals surface area (Å²) in [4.78, 5) is 0. The van der Waals surface area contributed by atoms with Crippen LogP contribution >= 0.6 is 0 Å². The van der Waals surface area contributed by atoms with E-state index in [-0.39, 0.29) is 0 Å². The minimum atomic E-state index is 0.668. The van der Waals surface area contributed by atoms with Crippen molar-refractivity contribution in [2.24, 2.45) is 29.1 Å². The first-order valence-corrected chi connectivity index (χ1v) is 9.75.